The summed E-state index contributed by atoms with van der Waals surface area (Å²) in [7, 11) is 0. The van der Waals surface area contributed by atoms with Crippen LogP contribution in [0.25, 0.3) is 0 Å². The number of carbonyl (C=O) groups excluding carboxylic acids is 1. The Morgan fingerprint density at radius 1 is 1.25 bits per heavy atom. The zero-order valence-corrected chi connectivity index (χ0v) is 10.9. The molecule has 0 bridgehead atoms. The molecule has 0 unspecified atom stereocenters. The number of hydrogen-bond donors (Lipinski definition) is 2. The minimum Gasteiger partial charge on any atom is -0.395 e. The summed E-state index contributed by atoms with van der Waals surface area (Å²) in [5.41, 5.74) is 6.84. The van der Waals surface area contributed by atoms with E-state index < -0.39 is 25.2 Å². The maximum atomic E-state index is 12.4. The summed E-state index contributed by atoms with van der Waals surface area (Å²) in [6.45, 7) is -2.01. The quantitative estimate of drug-likeness (QED) is 0.823. The van der Waals surface area contributed by atoms with Gasteiger partial charge < -0.3 is 15.7 Å². The SMILES string of the molecule is NCc1ccccc1CC(=O)N(CCO)CC(F)(F)F. The highest BCUT2D eigenvalue weighted by molar-refractivity contribution is 5.79. The van der Waals surface area contributed by atoms with Crippen LogP contribution in [-0.4, -0.2) is 41.8 Å². The van der Waals surface area contributed by atoms with Crippen molar-refractivity contribution in [2.45, 2.75) is 19.1 Å². The molecular weight excluding hydrogens is 273 g/mol. The fraction of sp³-hybridized carbons (Fsp3) is 0.462. The normalized spacial score (nSPS) is 11.4. The molecule has 0 aliphatic carbocycles. The largest absolute Gasteiger partial charge is 0.406 e. The molecule has 1 aromatic carbocycles. The fourth-order valence-corrected chi connectivity index (χ4v) is 1.83. The summed E-state index contributed by atoms with van der Waals surface area (Å²) in [5.74, 6) is -0.683. The Labute approximate surface area is 115 Å². The van der Waals surface area contributed by atoms with E-state index in [2.05, 4.69) is 0 Å². The predicted octanol–water partition coefficient (Wildman–Crippen LogP) is 1.07. The Hall–Kier alpha value is -1.60. The molecular formula is C13H17F3N2O2. The Balaban J connectivity index is 2.80. The van der Waals surface area contributed by atoms with E-state index in [1.54, 1.807) is 24.3 Å². The summed E-state index contributed by atoms with van der Waals surface area (Å²) < 4.78 is 37.1. The lowest BCUT2D eigenvalue weighted by molar-refractivity contribution is -0.161. The first-order valence-corrected chi connectivity index (χ1v) is 6.09. The molecule has 3 N–H and O–H groups in total. The third kappa shape index (κ3) is 5.18. The molecule has 112 valence electrons. The average Bonchev–Trinajstić information content (AvgIpc) is 2.37. The third-order valence-corrected chi connectivity index (χ3v) is 2.77. The van der Waals surface area contributed by atoms with E-state index in [0.717, 1.165) is 5.56 Å². The lowest BCUT2D eigenvalue weighted by Gasteiger charge is -2.23. The van der Waals surface area contributed by atoms with Crippen LogP contribution in [0.3, 0.4) is 0 Å². The number of halogens is 3. The van der Waals surface area contributed by atoms with E-state index in [4.69, 9.17) is 10.8 Å². The van der Waals surface area contributed by atoms with Gasteiger partial charge in [-0.3, -0.25) is 4.79 Å². The standard InChI is InChI=1S/C13H17F3N2O2/c14-13(15,16)9-18(5-6-19)12(20)7-10-3-1-2-4-11(10)8-17/h1-4,19H,5-9,17H2. The summed E-state index contributed by atoms with van der Waals surface area (Å²) in [5, 5.41) is 8.77. The van der Waals surface area contributed by atoms with Crippen LogP contribution in [0, 0.1) is 0 Å². The maximum Gasteiger partial charge on any atom is 0.406 e. The zero-order valence-electron chi connectivity index (χ0n) is 10.9. The number of nitrogens with zero attached hydrogens (tertiary/aromatic N) is 1. The van der Waals surface area contributed by atoms with Crippen LogP contribution in [0.1, 0.15) is 11.1 Å². The van der Waals surface area contributed by atoms with Crippen LogP contribution in [-0.2, 0) is 17.8 Å². The van der Waals surface area contributed by atoms with Gasteiger partial charge in [0.15, 0.2) is 0 Å². The van der Waals surface area contributed by atoms with Gasteiger partial charge in [0.2, 0.25) is 5.91 Å². The topological polar surface area (TPSA) is 66.6 Å². The number of hydrogen-bond acceptors (Lipinski definition) is 3. The molecule has 0 heterocycles. The summed E-state index contributed by atoms with van der Waals surface area (Å²) in [6, 6.07) is 6.83. The van der Waals surface area contributed by atoms with E-state index in [1.165, 1.54) is 0 Å². The fourth-order valence-electron chi connectivity index (χ4n) is 1.83. The maximum absolute atomic E-state index is 12.4. The van der Waals surface area contributed by atoms with Gasteiger partial charge >= 0.3 is 6.18 Å². The highest BCUT2D eigenvalue weighted by atomic mass is 19.4. The molecule has 20 heavy (non-hydrogen) atoms. The van der Waals surface area contributed by atoms with Crippen molar-refractivity contribution in [1.29, 1.82) is 0 Å². The summed E-state index contributed by atoms with van der Waals surface area (Å²) in [6.07, 6.45) is -4.65. The third-order valence-electron chi connectivity index (χ3n) is 2.77. The molecule has 0 saturated carbocycles. The summed E-state index contributed by atoms with van der Waals surface area (Å²) >= 11 is 0. The van der Waals surface area contributed by atoms with Gasteiger partial charge in [0.25, 0.3) is 0 Å². The van der Waals surface area contributed by atoms with Crippen molar-refractivity contribution in [3.8, 4) is 0 Å². The van der Waals surface area contributed by atoms with E-state index >= 15 is 0 Å². The van der Waals surface area contributed by atoms with Crippen molar-refractivity contribution in [3.05, 3.63) is 35.4 Å². The molecule has 0 aliphatic heterocycles. The number of carbonyl (C=O) groups is 1. The average molecular weight is 290 g/mol. The second kappa shape index (κ2) is 7.25. The highest BCUT2D eigenvalue weighted by Gasteiger charge is 2.32. The van der Waals surface area contributed by atoms with Crippen LogP contribution >= 0.6 is 0 Å². The van der Waals surface area contributed by atoms with Crippen molar-refractivity contribution in [1.82, 2.24) is 4.90 Å². The van der Waals surface area contributed by atoms with E-state index in [1.807, 2.05) is 0 Å². The molecule has 0 radical (unpaired) electrons. The highest BCUT2D eigenvalue weighted by Crippen LogP contribution is 2.18. The minimum atomic E-state index is -4.49. The van der Waals surface area contributed by atoms with Crippen molar-refractivity contribution in [2.24, 2.45) is 5.73 Å². The number of alkyl halides is 3. The minimum absolute atomic E-state index is 0.163. The smallest absolute Gasteiger partial charge is 0.395 e. The van der Waals surface area contributed by atoms with Gasteiger partial charge in [-0.2, -0.15) is 13.2 Å². The number of benzene rings is 1. The van der Waals surface area contributed by atoms with Gasteiger partial charge in [-0.1, -0.05) is 24.3 Å². The first kappa shape index (κ1) is 16.5. The first-order valence-electron chi connectivity index (χ1n) is 6.09. The first-order chi connectivity index (χ1) is 9.37. The number of aliphatic hydroxyl groups excluding tert-OH is 1. The van der Waals surface area contributed by atoms with Gasteiger partial charge in [0, 0.05) is 13.1 Å². The van der Waals surface area contributed by atoms with Gasteiger partial charge in [-0.15, -0.1) is 0 Å². The van der Waals surface area contributed by atoms with Crippen LogP contribution in [0.5, 0.6) is 0 Å². The predicted molar refractivity (Wildman–Crippen MR) is 67.8 cm³/mol. The Bertz CT molecular complexity index is 449. The lowest BCUT2D eigenvalue weighted by Crippen LogP contribution is -2.41. The summed E-state index contributed by atoms with van der Waals surface area (Å²) in [4.78, 5) is 12.5. The van der Waals surface area contributed by atoms with Gasteiger partial charge in [0.05, 0.1) is 13.0 Å². The molecule has 0 fully saturated rings. The molecule has 0 spiro atoms. The number of amides is 1. The Kier molecular flexibility index (Phi) is 5.97. The van der Waals surface area contributed by atoms with Crippen LogP contribution < -0.4 is 5.73 Å². The Morgan fingerprint density at radius 2 is 1.85 bits per heavy atom. The molecule has 0 aliphatic rings. The van der Waals surface area contributed by atoms with E-state index in [0.29, 0.717) is 10.5 Å². The molecule has 0 atom stereocenters. The lowest BCUT2D eigenvalue weighted by atomic mass is 10.0. The number of aliphatic hydroxyl groups is 1. The van der Waals surface area contributed by atoms with Gasteiger partial charge in [-0.25, -0.2) is 0 Å². The van der Waals surface area contributed by atoms with Crippen LogP contribution in [0.4, 0.5) is 13.2 Å². The van der Waals surface area contributed by atoms with Crippen molar-refractivity contribution >= 4 is 5.91 Å². The molecule has 0 aromatic heterocycles. The van der Waals surface area contributed by atoms with E-state index in [-0.39, 0.29) is 19.5 Å². The van der Waals surface area contributed by atoms with Gasteiger partial charge in [-0.05, 0) is 11.1 Å². The molecule has 4 nitrogen and oxygen atoms in total. The second-order valence-electron chi connectivity index (χ2n) is 4.30. The zero-order chi connectivity index (χ0) is 15.2. The molecule has 7 heteroatoms. The van der Waals surface area contributed by atoms with Crippen molar-refractivity contribution in [3.63, 3.8) is 0 Å². The Morgan fingerprint density at radius 3 is 2.35 bits per heavy atom. The molecule has 0 saturated heterocycles. The number of rotatable bonds is 6. The van der Waals surface area contributed by atoms with Gasteiger partial charge in [0.1, 0.15) is 6.54 Å². The van der Waals surface area contributed by atoms with Crippen molar-refractivity contribution < 1.29 is 23.1 Å². The molecule has 1 amide bonds. The second-order valence-corrected chi connectivity index (χ2v) is 4.30. The molecule has 1 rings (SSSR count). The van der Waals surface area contributed by atoms with E-state index in [9.17, 15) is 18.0 Å². The van der Waals surface area contributed by atoms with Crippen LogP contribution in [0.2, 0.25) is 0 Å². The molecule has 1 aromatic rings. The van der Waals surface area contributed by atoms with Crippen molar-refractivity contribution in [2.75, 3.05) is 19.7 Å². The number of nitrogens with two attached hydrogens (primary N) is 1. The monoisotopic (exact) mass is 290 g/mol. The van der Waals surface area contributed by atoms with Crippen LogP contribution in [0.15, 0.2) is 24.3 Å².